The first-order chi connectivity index (χ1) is 10.8. The van der Waals surface area contributed by atoms with Gasteiger partial charge in [-0.25, -0.2) is 0 Å². The van der Waals surface area contributed by atoms with E-state index in [1.165, 1.54) is 4.90 Å². The first-order valence-electron chi connectivity index (χ1n) is 7.45. The van der Waals surface area contributed by atoms with E-state index in [-0.39, 0.29) is 31.2 Å². The van der Waals surface area contributed by atoms with Crippen LogP contribution in [0.3, 0.4) is 0 Å². The number of aromatic nitrogens is 2. The smallest absolute Gasteiger partial charge is 0.335 e. The second-order valence-electron chi connectivity index (χ2n) is 5.47. The summed E-state index contributed by atoms with van der Waals surface area (Å²) >= 11 is 0. The van der Waals surface area contributed by atoms with Crippen molar-refractivity contribution in [2.45, 2.75) is 32.9 Å². The summed E-state index contributed by atoms with van der Waals surface area (Å²) in [6.45, 7) is 3.94. The Bertz CT molecular complexity index is 597. The zero-order chi connectivity index (χ0) is 17.2. The molecule has 1 N–H and O–H groups in total. The van der Waals surface area contributed by atoms with E-state index in [9.17, 15) is 22.8 Å². The van der Waals surface area contributed by atoms with Gasteiger partial charge in [-0.3, -0.25) is 14.7 Å². The topological polar surface area (TPSA) is 69.3 Å². The van der Waals surface area contributed by atoms with Crippen molar-refractivity contribution in [1.29, 1.82) is 0 Å². The summed E-state index contributed by atoms with van der Waals surface area (Å²) in [5, 5.41) is 6.80. The molecule has 9 heteroatoms. The van der Waals surface area contributed by atoms with Crippen molar-refractivity contribution < 1.29 is 22.8 Å². The molecule has 0 unspecified atom stereocenters. The number of H-pyrrole nitrogens is 1. The minimum Gasteiger partial charge on any atom is -0.335 e. The number of rotatable bonds is 2. The predicted molar refractivity (Wildman–Crippen MR) is 75.9 cm³/mol. The Labute approximate surface area is 131 Å². The number of aryl methyl sites for hydroxylation is 1. The largest absolute Gasteiger partial charge is 0.471 e. The van der Waals surface area contributed by atoms with Crippen LogP contribution >= 0.6 is 0 Å². The van der Waals surface area contributed by atoms with Crippen LogP contribution in [-0.2, 0) is 11.2 Å². The van der Waals surface area contributed by atoms with Crippen molar-refractivity contribution in [2.24, 2.45) is 0 Å². The molecule has 1 fully saturated rings. The van der Waals surface area contributed by atoms with Gasteiger partial charge < -0.3 is 9.80 Å². The standard InChI is InChI=1S/C14H19F3N4O2/c1-3-10-9(2)11(19-18-10)12(22)20-5-4-6-21(8-7-20)13(23)14(15,16)17/h3-8H2,1-2H3,(H,18,19). The molecule has 0 aliphatic carbocycles. The van der Waals surface area contributed by atoms with Gasteiger partial charge in [-0.05, 0) is 19.8 Å². The van der Waals surface area contributed by atoms with Crippen LogP contribution in [0.1, 0.15) is 35.1 Å². The molecule has 1 saturated heterocycles. The lowest BCUT2D eigenvalue weighted by Gasteiger charge is -2.22. The van der Waals surface area contributed by atoms with Gasteiger partial charge in [0.05, 0.1) is 0 Å². The lowest BCUT2D eigenvalue weighted by Crippen LogP contribution is -2.43. The van der Waals surface area contributed by atoms with Gasteiger partial charge in [0.25, 0.3) is 5.91 Å². The van der Waals surface area contributed by atoms with E-state index in [1.807, 2.05) is 6.92 Å². The highest BCUT2D eigenvalue weighted by atomic mass is 19.4. The maximum Gasteiger partial charge on any atom is 0.471 e. The number of nitrogens with one attached hydrogen (secondary N) is 1. The number of carbonyl (C=O) groups is 2. The molecule has 0 radical (unpaired) electrons. The minimum absolute atomic E-state index is 0.0120. The fourth-order valence-corrected chi connectivity index (χ4v) is 2.64. The number of hydrogen-bond acceptors (Lipinski definition) is 3. The van der Waals surface area contributed by atoms with Crippen molar-refractivity contribution in [3.05, 3.63) is 17.0 Å². The Kier molecular flexibility index (Phi) is 4.96. The van der Waals surface area contributed by atoms with Gasteiger partial charge in [-0.1, -0.05) is 6.92 Å². The Morgan fingerprint density at radius 1 is 1.17 bits per heavy atom. The van der Waals surface area contributed by atoms with Gasteiger partial charge in [0.15, 0.2) is 5.69 Å². The molecule has 2 heterocycles. The highest BCUT2D eigenvalue weighted by molar-refractivity contribution is 5.94. The van der Waals surface area contributed by atoms with Crippen LogP contribution in [0, 0.1) is 6.92 Å². The first-order valence-corrected chi connectivity index (χ1v) is 7.45. The Balaban J connectivity index is 2.07. The summed E-state index contributed by atoms with van der Waals surface area (Å²) in [6, 6.07) is 0. The van der Waals surface area contributed by atoms with Crippen LogP contribution in [0.15, 0.2) is 0 Å². The molecule has 0 spiro atoms. The van der Waals surface area contributed by atoms with Crippen molar-refractivity contribution in [3.63, 3.8) is 0 Å². The second-order valence-corrected chi connectivity index (χ2v) is 5.47. The summed E-state index contributed by atoms with van der Waals surface area (Å²) in [4.78, 5) is 26.0. The number of aromatic amines is 1. The predicted octanol–water partition coefficient (Wildman–Crippen LogP) is 1.52. The van der Waals surface area contributed by atoms with Gasteiger partial charge in [0.1, 0.15) is 0 Å². The molecule has 1 aliphatic rings. The number of nitrogens with zero attached hydrogens (tertiary/aromatic N) is 3. The quantitative estimate of drug-likeness (QED) is 0.893. The summed E-state index contributed by atoms with van der Waals surface area (Å²) in [5.41, 5.74) is 1.90. The van der Waals surface area contributed by atoms with Crippen LogP contribution < -0.4 is 0 Å². The summed E-state index contributed by atoms with van der Waals surface area (Å²) in [6.07, 6.45) is -3.87. The zero-order valence-corrected chi connectivity index (χ0v) is 13.0. The molecule has 0 atom stereocenters. The molecule has 23 heavy (non-hydrogen) atoms. The molecule has 2 rings (SSSR count). The average Bonchev–Trinajstić information content (AvgIpc) is 2.72. The highest BCUT2D eigenvalue weighted by Gasteiger charge is 2.42. The maximum absolute atomic E-state index is 12.5. The molecule has 2 amide bonds. The van der Waals surface area contributed by atoms with Crippen LogP contribution in [0.4, 0.5) is 13.2 Å². The first kappa shape index (κ1) is 17.3. The molecule has 128 valence electrons. The van der Waals surface area contributed by atoms with E-state index < -0.39 is 12.1 Å². The second kappa shape index (κ2) is 6.59. The monoisotopic (exact) mass is 332 g/mol. The fourth-order valence-electron chi connectivity index (χ4n) is 2.64. The summed E-state index contributed by atoms with van der Waals surface area (Å²) < 4.78 is 37.5. The molecule has 0 bridgehead atoms. The summed E-state index contributed by atoms with van der Waals surface area (Å²) in [7, 11) is 0. The van der Waals surface area contributed by atoms with E-state index in [0.29, 0.717) is 19.4 Å². The van der Waals surface area contributed by atoms with Gasteiger partial charge in [-0.15, -0.1) is 0 Å². The minimum atomic E-state index is -4.88. The third kappa shape index (κ3) is 3.65. The normalized spacial score (nSPS) is 16.4. The van der Waals surface area contributed by atoms with Gasteiger partial charge in [0, 0.05) is 37.4 Å². The Hall–Kier alpha value is -2.06. The van der Waals surface area contributed by atoms with E-state index in [0.717, 1.165) is 16.2 Å². The average molecular weight is 332 g/mol. The molecule has 1 aromatic rings. The van der Waals surface area contributed by atoms with Gasteiger partial charge in [0.2, 0.25) is 0 Å². The number of amides is 2. The molecular weight excluding hydrogens is 313 g/mol. The van der Waals surface area contributed by atoms with Crippen molar-refractivity contribution in [1.82, 2.24) is 20.0 Å². The van der Waals surface area contributed by atoms with E-state index in [2.05, 4.69) is 10.2 Å². The molecule has 1 aromatic heterocycles. The third-order valence-corrected chi connectivity index (χ3v) is 3.98. The van der Waals surface area contributed by atoms with E-state index >= 15 is 0 Å². The molecule has 0 saturated carbocycles. The summed E-state index contributed by atoms with van der Waals surface area (Å²) in [5.74, 6) is -2.17. The number of halogens is 3. The van der Waals surface area contributed by atoms with Crippen molar-refractivity contribution >= 4 is 11.8 Å². The van der Waals surface area contributed by atoms with E-state index in [4.69, 9.17) is 0 Å². The molecular formula is C14H19F3N4O2. The number of carbonyl (C=O) groups excluding carboxylic acids is 2. The fraction of sp³-hybridized carbons (Fsp3) is 0.643. The number of alkyl halides is 3. The Morgan fingerprint density at radius 3 is 2.35 bits per heavy atom. The zero-order valence-electron chi connectivity index (χ0n) is 13.0. The van der Waals surface area contributed by atoms with Crippen LogP contribution in [0.25, 0.3) is 0 Å². The van der Waals surface area contributed by atoms with Gasteiger partial charge in [-0.2, -0.15) is 18.3 Å². The lowest BCUT2D eigenvalue weighted by molar-refractivity contribution is -0.185. The number of hydrogen-bond donors (Lipinski definition) is 1. The molecule has 6 nitrogen and oxygen atoms in total. The highest BCUT2D eigenvalue weighted by Crippen LogP contribution is 2.20. The van der Waals surface area contributed by atoms with Crippen molar-refractivity contribution in [2.75, 3.05) is 26.2 Å². The van der Waals surface area contributed by atoms with Crippen molar-refractivity contribution in [3.8, 4) is 0 Å². The lowest BCUT2D eigenvalue weighted by atomic mass is 10.1. The van der Waals surface area contributed by atoms with Gasteiger partial charge >= 0.3 is 12.1 Å². The third-order valence-electron chi connectivity index (χ3n) is 3.98. The van der Waals surface area contributed by atoms with E-state index in [1.54, 1.807) is 6.92 Å². The molecule has 1 aliphatic heterocycles. The van der Waals surface area contributed by atoms with Crippen LogP contribution in [0.5, 0.6) is 0 Å². The Morgan fingerprint density at radius 2 is 1.78 bits per heavy atom. The molecule has 0 aromatic carbocycles. The SMILES string of the molecule is CCc1[nH]nc(C(=O)N2CCCN(C(=O)C(F)(F)F)CC2)c1C. The maximum atomic E-state index is 12.5. The van der Waals surface area contributed by atoms with Crippen LogP contribution in [0.2, 0.25) is 0 Å². The van der Waals surface area contributed by atoms with Crippen LogP contribution in [-0.4, -0.2) is 64.2 Å².